The SMILES string of the molecule is Cl.O=S(=O)(F)c1ccc(-n2cc(CNCCO)nn2)cc1. The Balaban J connectivity index is 0.00000220. The van der Waals surface area contributed by atoms with Gasteiger partial charge in [0, 0.05) is 13.1 Å². The molecule has 0 fully saturated rings. The van der Waals surface area contributed by atoms with E-state index in [0.717, 1.165) is 12.1 Å². The number of nitrogens with zero attached hydrogens (tertiary/aromatic N) is 3. The molecule has 10 heteroatoms. The molecular formula is C11H14ClFN4O3S. The van der Waals surface area contributed by atoms with Crippen LogP contribution in [0.15, 0.2) is 35.4 Å². The van der Waals surface area contributed by atoms with Crippen LogP contribution in [0.3, 0.4) is 0 Å². The number of hydrogen-bond donors (Lipinski definition) is 2. The molecule has 1 aromatic carbocycles. The van der Waals surface area contributed by atoms with Crippen LogP contribution in [0.1, 0.15) is 5.69 Å². The highest BCUT2D eigenvalue weighted by molar-refractivity contribution is 7.86. The topological polar surface area (TPSA) is 97.1 Å². The van der Waals surface area contributed by atoms with Gasteiger partial charge in [0.25, 0.3) is 0 Å². The average molecular weight is 337 g/mol. The zero-order valence-corrected chi connectivity index (χ0v) is 12.4. The van der Waals surface area contributed by atoms with Gasteiger partial charge >= 0.3 is 10.2 Å². The molecule has 2 N–H and O–H groups in total. The van der Waals surface area contributed by atoms with Crippen LogP contribution in [-0.4, -0.2) is 41.7 Å². The maximum atomic E-state index is 12.7. The Bertz CT molecular complexity index is 675. The molecule has 0 bridgehead atoms. The fraction of sp³-hybridized carbons (Fsp3) is 0.273. The van der Waals surface area contributed by atoms with E-state index in [2.05, 4.69) is 15.6 Å². The highest BCUT2D eigenvalue weighted by atomic mass is 35.5. The Morgan fingerprint density at radius 2 is 1.95 bits per heavy atom. The number of aliphatic hydroxyl groups is 1. The summed E-state index contributed by atoms with van der Waals surface area (Å²) in [5, 5.41) is 19.4. The number of aromatic nitrogens is 3. The summed E-state index contributed by atoms with van der Waals surface area (Å²) in [6.07, 6.45) is 1.66. The van der Waals surface area contributed by atoms with Crippen molar-refractivity contribution in [2.75, 3.05) is 13.2 Å². The molecule has 0 atom stereocenters. The summed E-state index contributed by atoms with van der Waals surface area (Å²) in [6, 6.07) is 5.20. The molecule has 0 unspecified atom stereocenters. The van der Waals surface area contributed by atoms with Gasteiger partial charge in [-0.2, -0.15) is 8.42 Å². The minimum absolute atomic E-state index is 0. The number of halogens is 2. The molecule has 2 aromatic rings. The summed E-state index contributed by atoms with van der Waals surface area (Å²) in [5.41, 5.74) is 1.24. The minimum atomic E-state index is -4.69. The molecule has 116 valence electrons. The molecule has 7 nitrogen and oxygen atoms in total. The number of rotatable bonds is 6. The van der Waals surface area contributed by atoms with Crippen molar-refractivity contribution >= 4 is 22.6 Å². The third kappa shape index (κ3) is 4.74. The Kier molecular flexibility index (Phi) is 6.21. The van der Waals surface area contributed by atoms with Gasteiger partial charge in [-0.05, 0) is 24.3 Å². The lowest BCUT2D eigenvalue weighted by atomic mass is 10.3. The van der Waals surface area contributed by atoms with Crippen LogP contribution < -0.4 is 5.32 Å². The molecular weight excluding hydrogens is 323 g/mol. The van der Waals surface area contributed by atoms with E-state index in [1.165, 1.54) is 16.8 Å². The van der Waals surface area contributed by atoms with Gasteiger partial charge in [0.1, 0.15) is 0 Å². The highest BCUT2D eigenvalue weighted by Gasteiger charge is 2.11. The third-order valence-electron chi connectivity index (χ3n) is 2.52. The van der Waals surface area contributed by atoms with Crippen molar-refractivity contribution in [2.45, 2.75) is 11.4 Å². The lowest BCUT2D eigenvalue weighted by Crippen LogP contribution is -2.17. The van der Waals surface area contributed by atoms with Gasteiger partial charge in [0.05, 0.1) is 29.1 Å². The maximum absolute atomic E-state index is 12.7. The van der Waals surface area contributed by atoms with Crippen LogP contribution in [0.25, 0.3) is 5.69 Å². The normalized spacial score (nSPS) is 11.1. The fourth-order valence-corrected chi connectivity index (χ4v) is 2.02. The van der Waals surface area contributed by atoms with Crippen LogP contribution in [0.2, 0.25) is 0 Å². The van der Waals surface area contributed by atoms with Gasteiger partial charge in [-0.3, -0.25) is 0 Å². The summed E-state index contributed by atoms with van der Waals surface area (Å²) < 4.78 is 35.6. The van der Waals surface area contributed by atoms with E-state index in [1.54, 1.807) is 6.20 Å². The minimum Gasteiger partial charge on any atom is -0.395 e. The quantitative estimate of drug-likeness (QED) is 0.586. The predicted molar refractivity (Wildman–Crippen MR) is 75.7 cm³/mol. The first-order chi connectivity index (χ1) is 9.50. The van der Waals surface area contributed by atoms with E-state index in [4.69, 9.17) is 5.11 Å². The largest absolute Gasteiger partial charge is 0.395 e. The van der Waals surface area contributed by atoms with Crippen molar-refractivity contribution in [2.24, 2.45) is 0 Å². The summed E-state index contributed by atoms with van der Waals surface area (Å²) >= 11 is 0. The fourth-order valence-electron chi connectivity index (χ4n) is 1.56. The van der Waals surface area contributed by atoms with Crippen molar-refractivity contribution in [1.29, 1.82) is 0 Å². The van der Waals surface area contributed by atoms with Gasteiger partial charge in [0.2, 0.25) is 0 Å². The lowest BCUT2D eigenvalue weighted by molar-refractivity contribution is 0.291. The van der Waals surface area contributed by atoms with Gasteiger partial charge < -0.3 is 10.4 Å². The molecule has 0 spiro atoms. The standard InChI is InChI=1S/C11H13FN4O3S.ClH/c12-20(18,19)11-3-1-10(2-4-11)16-8-9(14-15-16)7-13-5-6-17;/h1-4,8,13,17H,5-7H2;1H. The van der Waals surface area contributed by atoms with Crippen LogP contribution in [0, 0.1) is 0 Å². The molecule has 0 amide bonds. The Labute approximate surface area is 127 Å². The first kappa shape index (κ1) is 17.5. The second kappa shape index (κ2) is 7.46. The van der Waals surface area contributed by atoms with Crippen LogP contribution in [-0.2, 0) is 16.8 Å². The molecule has 21 heavy (non-hydrogen) atoms. The molecule has 0 saturated carbocycles. The van der Waals surface area contributed by atoms with Crippen LogP contribution in [0.5, 0.6) is 0 Å². The van der Waals surface area contributed by atoms with Gasteiger partial charge in [-0.1, -0.05) is 5.21 Å². The second-order valence-electron chi connectivity index (χ2n) is 3.99. The van der Waals surface area contributed by atoms with Gasteiger partial charge in [-0.25, -0.2) is 4.68 Å². The number of hydrogen-bond acceptors (Lipinski definition) is 6. The Morgan fingerprint density at radius 3 is 2.52 bits per heavy atom. The summed E-state index contributed by atoms with van der Waals surface area (Å²) in [4.78, 5) is -0.397. The number of aliphatic hydroxyl groups excluding tert-OH is 1. The summed E-state index contributed by atoms with van der Waals surface area (Å²) in [5.74, 6) is 0. The average Bonchev–Trinajstić information content (AvgIpc) is 2.87. The molecule has 0 aliphatic heterocycles. The maximum Gasteiger partial charge on any atom is 0.332 e. The van der Waals surface area contributed by atoms with Crippen molar-refractivity contribution in [3.05, 3.63) is 36.2 Å². The van der Waals surface area contributed by atoms with E-state index in [9.17, 15) is 12.3 Å². The van der Waals surface area contributed by atoms with Crippen molar-refractivity contribution in [1.82, 2.24) is 20.3 Å². The van der Waals surface area contributed by atoms with Crippen molar-refractivity contribution in [3.8, 4) is 5.69 Å². The molecule has 1 aromatic heterocycles. The van der Waals surface area contributed by atoms with E-state index >= 15 is 0 Å². The Hall–Kier alpha value is -1.55. The van der Waals surface area contributed by atoms with Gasteiger partial charge in [0.15, 0.2) is 0 Å². The lowest BCUT2D eigenvalue weighted by Gasteiger charge is -2.00. The Morgan fingerprint density at radius 1 is 1.29 bits per heavy atom. The highest BCUT2D eigenvalue weighted by Crippen LogP contribution is 2.15. The molecule has 2 rings (SSSR count). The van der Waals surface area contributed by atoms with E-state index < -0.39 is 15.1 Å². The monoisotopic (exact) mass is 336 g/mol. The summed E-state index contributed by atoms with van der Waals surface area (Å²) in [6.45, 7) is 0.945. The van der Waals surface area contributed by atoms with Crippen molar-refractivity contribution < 1.29 is 17.4 Å². The second-order valence-corrected chi connectivity index (χ2v) is 5.33. The van der Waals surface area contributed by atoms with E-state index in [0.29, 0.717) is 24.5 Å². The number of nitrogens with one attached hydrogen (secondary N) is 1. The molecule has 0 radical (unpaired) electrons. The summed E-state index contributed by atoms with van der Waals surface area (Å²) in [7, 11) is -4.69. The third-order valence-corrected chi connectivity index (χ3v) is 3.35. The van der Waals surface area contributed by atoms with E-state index in [-0.39, 0.29) is 19.0 Å². The molecule has 1 heterocycles. The molecule has 0 aliphatic carbocycles. The predicted octanol–water partition coefficient (Wildman–Crippen LogP) is 0.429. The van der Waals surface area contributed by atoms with Crippen molar-refractivity contribution in [3.63, 3.8) is 0 Å². The van der Waals surface area contributed by atoms with E-state index in [1.807, 2.05) is 0 Å². The van der Waals surface area contributed by atoms with Crippen LogP contribution in [0.4, 0.5) is 3.89 Å². The first-order valence-electron chi connectivity index (χ1n) is 5.78. The zero-order valence-electron chi connectivity index (χ0n) is 10.8. The molecule has 0 aliphatic rings. The smallest absolute Gasteiger partial charge is 0.332 e. The zero-order chi connectivity index (χ0) is 14.6. The molecule has 0 saturated heterocycles. The van der Waals surface area contributed by atoms with Crippen LogP contribution >= 0.6 is 12.4 Å². The first-order valence-corrected chi connectivity index (χ1v) is 7.17. The van der Waals surface area contributed by atoms with Gasteiger partial charge in [-0.15, -0.1) is 21.4 Å². The number of benzene rings is 1.